The largest absolute Gasteiger partial charge is 0.442 e. The summed E-state index contributed by atoms with van der Waals surface area (Å²) in [6.45, 7) is 2.77. The van der Waals surface area contributed by atoms with E-state index in [2.05, 4.69) is 9.97 Å². The fourth-order valence-corrected chi connectivity index (χ4v) is 4.42. The van der Waals surface area contributed by atoms with Crippen LogP contribution in [0.15, 0.2) is 46.3 Å². The highest BCUT2D eigenvalue weighted by Gasteiger charge is 2.32. The number of hydrogen-bond acceptors (Lipinski definition) is 7. The highest BCUT2D eigenvalue weighted by molar-refractivity contribution is 7.87. The number of amides is 1. The van der Waals surface area contributed by atoms with E-state index in [1.54, 1.807) is 13.8 Å². The van der Waals surface area contributed by atoms with Crippen molar-refractivity contribution in [3.05, 3.63) is 75.6 Å². The standard InChI is InChI=1S/C20H20F2N4O6S/c1-11(2)18-19(33(29,30)32-15-6-13(21)5-14(22)7-15)26(16(25-18)10-31-20(23)28)9-12-3-4-17(27)24-8-12/h3-8,11H,9-10H2,1-2H3,(H2,23,28)(H,24,27). The van der Waals surface area contributed by atoms with Gasteiger partial charge in [0.25, 0.3) is 0 Å². The number of halogens is 2. The summed E-state index contributed by atoms with van der Waals surface area (Å²) in [4.78, 5) is 29.3. The van der Waals surface area contributed by atoms with Gasteiger partial charge in [0.15, 0.2) is 11.6 Å². The Morgan fingerprint density at radius 2 is 1.88 bits per heavy atom. The Hall–Kier alpha value is -3.74. The molecule has 2 aromatic heterocycles. The zero-order valence-corrected chi connectivity index (χ0v) is 18.4. The summed E-state index contributed by atoms with van der Waals surface area (Å²) < 4.78 is 64.7. The molecule has 0 atom stereocenters. The van der Waals surface area contributed by atoms with Gasteiger partial charge in [0.05, 0.1) is 12.2 Å². The van der Waals surface area contributed by atoms with Crippen LogP contribution in [-0.2, 0) is 28.0 Å². The van der Waals surface area contributed by atoms with Crippen LogP contribution in [-0.4, -0.2) is 29.0 Å². The van der Waals surface area contributed by atoms with Crippen molar-refractivity contribution < 1.29 is 30.9 Å². The number of H-pyrrole nitrogens is 1. The van der Waals surface area contributed by atoms with Gasteiger partial charge in [-0.3, -0.25) is 4.79 Å². The van der Waals surface area contributed by atoms with E-state index in [0.717, 1.165) is 12.1 Å². The molecule has 0 bridgehead atoms. The van der Waals surface area contributed by atoms with Crippen LogP contribution in [0.5, 0.6) is 5.75 Å². The van der Waals surface area contributed by atoms with Crippen LogP contribution in [0.2, 0.25) is 0 Å². The van der Waals surface area contributed by atoms with Crippen LogP contribution in [0.1, 0.15) is 36.8 Å². The monoisotopic (exact) mass is 482 g/mol. The van der Waals surface area contributed by atoms with Crippen molar-refractivity contribution >= 4 is 16.2 Å². The molecule has 1 amide bonds. The van der Waals surface area contributed by atoms with E-state index in [1.165, 1.54) is 22.9 Å². The Labute approximate surface area is 187 Å². The second-order valence-corrected chi connectivity index (χ2v) is 8.73. The number of nitrogens with zero attached hydrogens (tertiary/aromatic N) is 2. The molecule has 176 valence electrons. The first-order valence-electron chi connectivity index (χ1n) is 9.56. The van der Waals surface area contributed by atoms with Crippen molar-refractivity contribution in [2.24, 2.45) is 5.73 Å². The van der Waals surface area contributed by atoms with E-state index >= 15 is 0 Å². The molecule has 0 aliphatic carbocycles. The van der Waals surface area contributed by atoms with E-state index in [9.17, 15) is 26.8 Å². The van der Waals surface area contributed by atoms with Crippen LogP contribution in [0.4, 0.5) is 13.6 Å². The second-order valence-electron chi connectivity index (χ2n) is 7.27. The molecule has 0 unspecified atom stereocenters. The summed E-state index contributed by atoms with van der Waals surface area (Å²) in [7, 11) is -4.68. The van der Waals surface area contributed by atoms with E-state index < -0.39 is 51.1 Å². The van der Waals surface area contributed by atoms with E-state index in [4.69, 9.17) is 14.7 Å². The highest BCUT2D eigenvalue weighted by atomic mass is 32.2. The summed E-state index contributed by atoms with van der Waals surface area (Å²) in [5.41, 5.74) is 5.21. The van der Waals surface area contributed by atoms with Crippen molar-refractivity contribution in [1.82, 2.24) is 14.5 Å². The molecule has 0 radical (unpaired) electrons. The second kappa shape index (κ2) is 9.40. The predicted molar refractivity (Wildman–Crippen MR) is 111 cm³/mol. The van der Waals surface area contributed by atoms with E-state index in [0.29, 0.717) is 11.6 Å². The van der Waals surface area contributed by atoms with Gasteiger partial charge in [0, 0.05) is 30.5 Å². The maximum atomic E-state index is 13.6. The maximum absolute atomic E-state index is 13.6. The van der Waals surface area contributed by atoms with Crippen LogP contribution in [0, 0.1) is 11.6 Å². The molecule has 0 spiro atoms. The lowest BCUT2D eigenvalue weighted by molar-refractivity contribution is 0.145. The van der Waals surface area contributed by atoms with Gasteiger partial charge in [0.1, 0.15) is 23.2 Å². The molecule has 3 aromatic rings. The fourth-order valence-electron chi connectivity index (χ4n) is 3.02. The third-order valence-corrected chi connectivity index (χ3v) is 5.70. The Morgan fingerprint density at radius 3 is 2.42 bits per heavy atom. The molecule has 2 heterocycles. The molecule has 0 saturated heterocycles. The normalized spacial score (nSPS) is 11.5. The number of rotatable bonds is 8. The number of primary amides is 1. The number of pyridine rings is 1. The fraction of sp³-hybridized carbons (Fsp3) is 0.250. The number of carbonyl (C=O) groups is 1. The molecule has 10 nitrogen and oxygen atoms in total. The van der Waals surface area contributed by atoms with Crippen molar-refractivity contribution in [3.8, 4) is 5.75 Å². The number of aromatic amines is 1. The number of nitrogens with two attached hydrogens (primary N) is 1. The minimum Gasteiger partial charge on any atom is -0.442 e. The average molecular weight is 482 g/mol. The number of carbonyl (C=O) groups excluding carboxylic acids is 1. The molecule has 0 saturated carbocycles. The molecular formula is C20H20F2N4O6S. The number of imidazole rings is 1. The Kier molecular flexibility index (Phi) is 6.81. The average Bonchev–Trinajstić information content (AvgIpc) is 3.06. The van der Waals surface area contributed by atoms with Gasteiger partial charge < -0.3 is 24.2 Å². The first kappa shape index (κ1) is 23.9. The van der Waals surface area contributed by atoms with Gasteiger partial charge in [0.2, 0.25) is 5.56 Å². The molecule has 13 heteroatoms. The van der Waals surface area contributed by atoms with E-state index in [-0.39, 0.29) is 23.6 Å². The molecule has 3 N–H and O–H groups in total. The minimum absolute atomic E-state index is 0.0243. The Bertz CT molecular complexity index is 1310. The number of aromatic nitrogens is 3. The number of ether oxygens (including phenoxy) is 1. The molecule has 1 aromatic carbocycles. The lowest BCUT2D eigenvalue weighted by atomic mass is 10.1. The Morgan fingerprint density at radius 1 is 1.21 bits per heavy atom. The summed E-state index contributed by atoms with van der Waals surface area (Å²) >= 11 is 0. The van der Waals surface area contributed by atoms with Crippen molar-refractivity contribution in [2.75, 3.05) is 0 Å². The molecular weight excluding hydrogens is 462 g/mol. The van der Waals surface area contributed by atoms with Gasteiger partial charge in [-0.25, -0.2) is 18.6 Å². The van der Waals surface area contributed by atoms with Crippen LogP contribution >= 0.6 is 0 Å². The van der Waals surface area contributed by atoms with Crippen molar-refractivity contribution in [3.63, 3.8) is 0 Å². The molecule has 3 rings (SSSR count). The van der Waals surface area contributed by atoms with Crippen LogP contribution in [0.25, 0.3) is 0 Å². The first-order valence-corrected chi connectivity index (χ1v) is 11.0. The smallest absolute Gasteiger partial charge is 0.404 e. The third kappa shape index (κ3) is 5.74. The number of nitrogens with one attached hydrogen (secondary N) is 1. The highest BCUT2D eigenvalue weighted by Crippen LogP contribution is 2.29. The summed E-state index contributed by atoms with van der Waals surface area (Å²) in [5.74, 6) is -3.04. The number of hydrogen-bond donors (Lipinski definition) is 2. The molecule has 0 aliphatic heterocycles. The predicted octanol–water partition coefficient (Wildman–Crippen LogP) is 2.38. The summed E-state index contributed by atoms with van der Waals surface area (Å²) in [5, 5.41) is -0.406. The summed E-state index contributed by atoms with van der Waals surface area (Å²) in [6.07, 6.45) is 0.269. The SMILES string of the molecule is CC(C)c1nc(COC(N)=O)n(Cc2ccc(=O)[nH]c2)c1S(=O)(=O)Oc1cc(F)cc(F)c1. The molecule has 0 fully saturated rings. The lowest BCUT2D eigenvalue weighted by Gasteiger charge is -2.14. The zero-order valence-electron chi connectivity index (χ0n) is 17.5. The van der Waals surface area contributed by atoms with Crippen molar-refractivity contribution in [2.45, 2.75) is 37.9 Å². The quantitative estimate of drug-likeness (QED) is 0.469. The van der Waals surface area contributed by atoms with Gasteiger partial charge in [-0.05, 0) is 11.5 Å². The molecule has 33 heavy (non-hydrogen) atoms. The van der Waals surface area contributed by atoms with Gasteiger partial charge >= 0.3 is 16.2 Å². The topological polar surface area (TPSA) is 146 Å². The molecule has 0 aliphatic rings. The first-order chi connectivity index (χ1) is 15.5. The minimum atomic E-state index is -4.68. The van der Waals surface area contributed by atoms with Gasteiger partial charge in [-0.1, -0.05) is 19.9 Å². The van der Waals surface area contributed by atoms with E-state index in [1.807, 2.05) is 0 Å². The van der Waals surface area contributed by atoms with Crippen LogP contribution < -0.4 is 15.5 Å². The number of benzene rings is 1. The maximum Gasteiger partial charge on any atom is 0.404 e. The van der Waals surface area contributed by atoms with Gasteiger partial charge in [-0.2, -0.15) is 8.42 Å². The Balaban J connectivity index is 2.16. The van der Waals surface area contributed by atoms with Crippen molar-refractivity contribution in [1.29, 1.82) is 0 Å². The zero-order chi connectivity index (χ0) is 24.3. The van der Waals surface area contributed by atoms with Crippen LogP contribution in [0.3, 0.4) is 0 Å². The van der Waals surface area contributed by atoms with Gasteiger partial charge in [-0.15, -0.1) is 0 Å². The third-order valence-electron chi connectivity index (χ3n) is 4.38. The lowest BCUT2D eigenvalue weighted by Crippen LogP contribution is -2.20. The summed E-state index contributed by atoms with van der Waals surface area (Å²) in [6, 6.07) is 4.71.